The number of rotatable bonds is 9. The van der Waals surface area contributed by atoms with Gasteiger partial charge in [0.25, 0.3) is 20.0 Å². The van der Waals surface area contributed by atoms with Crippen LogP contribution in [-0.2, 0) is 48.5 Å². The molecule has 2 saturated heterocycles. The lowest BCUT2D eigenvalue weighted by Gasteiger charge is -2.09. The number of benzene rings is 2. The van der Waals surface area contributed by atoms with E-state index in [9.17, 15) is 36.0 Å². The summed E-state index contributed by atoms with van der Waals surface area (Å²) in [6.45, 7) is -0.143. The van der Waals surface area contributed by atoms with Crippen molar-refractivity contribution in [1.82, 2.24) is 0 Å². The summed E-state index contributed by atoms with van der Waals surface area (Å²) in [5, 5.41) is 2.35. The van der Waals surface area contributed by atoms with Gasteiger partial charge in [0.05, 0.1) is 9.79 Å². The molecule has 2 aliphatic heterocycles. The van der Waals surface area contributed by atoms with Crippen LogP contribution in [0.15, 0.2) is 67.4 Å². The molecule has 2 unspecified atom stereocenters. The molecule has 2 heterocycles. The number of hydrogen-bond acceptors (Lipinski definition) is 15. The SMILES string of the molecule is O=C(Cl)OCC1COC(=O)O1.[N-]=[N+]=NS(=O)(=O)c1ccc(N)cc1.[N-]=[N+]=NS(=O)(=O)c1ccc(NC(=O)OCC2COC(=O)O2)cc1. The van der Waals surface area contributed by atoms with Gasteiger partial charge in [-0.25, -0.2) is 36.0 Å². The number of carbonyl (C=O) groups excluding carboxylic acids is 4. The fourth-order valence-corrected chi connectivity index (χ4v) is 4.32. The van der Waals surface area contributed by atoms with Gasteiger partial charge in [0.2, 0.25) is 0 Å². The van der Waals surface area contributed by atoms with Crippen LogP contribution >= 0.6 is 11.6 Å². The molecule has 25 heteroatoms. The van der Waals surface area contributed by atoms with E-state index in [2.05, 4.69) is 47.9 Å². The topological polar surface area (TPSA) is 328 Å². The fraction of sp³-hybridized carbons (Fsp3) is 0.273. The fourth-order valence-electron chi connectivity index (χ4n) is 2.92. The van der Waals surface area contributed by atoms with Crippen molar-refractivity contribution in [2.75, 3.05) is 37.5 Å². The maximum absolute atomic E-state index is 11.5. The highest BCUT2D eigenvalue weighted by atomic mass is 35.5. The Morgan fingerprint density at radius 3 is 1.64 bits per heavy atom. The Morgan fingerprint density at radius 1 is 0.830 bits per heavy atom. The van der Waals surface area contributed by atoms with Gasteiger partial charge in [0, 0.05) is 41.8 Å². The molecule has 22 nitrogen and oxygen atoms in total. The molecule has 0 aliphatic carbocycles. The second-order valence-electron chi connectivity index (χ2n) is 8.26. The molecule has 47 heavy (non-hydrogen) atoms. The van der Waals surface area contributed by atoms with E-state index >= 15 is 0 Å². The summed E-state index contributed by atoms with van der Waals surface area (Å²) >= 11 is 4.85. The minimum atomic E-state index is -4.08. The average Bonchev–Trinajstić information content (AvgIpc) is 3.63. The van der Waals surface area contributed by atoms with Crippen LogP contribution in [0.3, 0.4) is 0 Å². The van der Waals surface area contributed by atoms with Crippen molar-refractivity contribution >= 4 is 66.9 Å². The predicted octanol–water partition coefficient (Wildman–Crippen LogP) is 3.93. The van der Waals surface area contributed by atoms with Crippen LogP contribution in [0.4, 0.5) is 30.6 Å². The third kappa shape index (κ3) is 13.5. The lowest BCUT2D eigenvalue weighted by molar-refractivity contribution is 0.0783. The molecule has 4 rings (SSSR count). The summed E-state index contributed by atoms with van der Waals surface area (Å²) in [5.74, 6) is 0. The molecule has 0 spiro atoms. The standard InChI is InChI=1S/C11H10N4O7S.C6H6N4O2S.C5H5ClO5/c12-14-15-23(18,19)9-3-1-7(2-4-9)13-10(16)20-5-8-6-21-11(17)22-8;7-5-1-3-6(4-2-5)13(11,12)10-9-8;6-4(7)9-1-3-2-10-5(8)11-3/h1-4,8H,5-6H2,(H,13,16);1-4H,7H2;3H,1-2H2. The Hall–Kier alpha value is -5.67. The van der Waals surface area contributed by atoms with Crippen molar-refractivity contribution in [3.05, 3.63) is 69.4 Å². The van der Waals surface area contributed by atoms with Crippen LogP contribution in [-0.4, -0.2) is 79.3 Å². The molecule has 0 bridgehead atoms. The molecule has 0 radical (unpaired) electrons. The number of halogens is 1. The zero-order chi connectivity index (χ0) is 35.0. The van der Waals surface area contributed by atoms with E-state index in [0.717, 1.165) is 12.1 Å². The number of ether oxygens (including phenoxy) is 6. The number of nitrogen functional groups attached to an aromatic ring is 1. The van der Waals surface area contributed by atoms with Gasteiger partial charge >= 0.3 is 23.8 Å². The van der Waals surface area contributed by atoms with E-state index < -0.39 is 56.1 Å². The molecule has 2 aliphatic rings. The molecule has 2 aromatic rings. The van der Waals surface area contributed by atoms with E-state index in [0.29, 0.717) is 5.69 Å². The highest BCUT2D eigenvalue weighted by Crippen LogP contribution is 2.17. The quantitative estimate of drug-likeness (QED) is 0.0704. The van der Waals surface area contributed by atoms with E-state index in [-0.39, 0.29) is 41.9 Å². The monoisotopic (exact) mass is 720 g/mol. The van der Waals surface area contributed by atoms with Gasteiger partial charge in [-0.1, -0.05) is 0 Å². The van der Waals surface area contributed by atoms with Crippen molar-refractivity contribution in [3.8, 4) is 0 Å². The Labute approximate surface area is 268 Å². The van der Waals surface area contributed by atoms with Crippen molar-refractivity contribution in [3.63, 3.8) is 0 Å². The number of nitrogens with two attached hydrogens (primary N) is 1. The maximum atomic E-state index is 11.5. The summed E-state index contributed by atoms with van der Waals surface area (Å²) in [5.41, 5.74) is 21.3. The number of carbonyl (C=O) groups is 4. The summed E-state index contributed by atoms with van der Waals surface area (Å²) in [6, 6.07) is 10.3. The first-order valence-corrected chi connectivity index (χ1v) is 15.4. The predicted molar refractivity (Wildman–Crippen MR) is 155 cm³/mol. The molecular formula is C22H21ClN8O14S2. The first-order valence-electron chi connectivity index (χ1n) is 12.2. The Kier molecular flexibility index (Phi) is 14.1. The van der Waals surface area contributed by atoms with Crippen molar-refractivity contribution in [2.45, 2.75) is 22.0 Å². The van der Waals surface area contributed by atoms with Crippen LogP contribution in [0.2, 0.25) is 0 Å². The van der Waals surface area contributed by atoms with Gasteiger partial charge in [-0.2, -0.15) is 0 Å². The summed E-state index contributed by atoms with van der Waals surface area (Å²) in [4.78, 5) is 46.7. The summed E-state index contributed by atoms with van der Waals surface area (Å²) < 4.78 is 77.7. The van der Waals surface area contributed by atoms with Crippen LogP contribution in [0, 0.1) is 0 Å². The first-order chi connectivity index (χ1) is 22.1. The third-order valence-corrected chi connectivity index (χ3v) is 7.37. The third-order valence-electron chi connectivity index (χ3n) is 4.95. The van der Waals surface area contributed by atoms with E-state index in [4.69, 9.17) is 33.1 Å². The van der Waals surface area contributed by atoms with Gasteiger partial charge in [-0.05, 0) is 59.6 Å². The van der Waals surface area contributed by atoms with Crippen LogP contribution in [0.5, 0.6) is 0 Å². The van der Waals surface area contributed by atoms with E-state index in [1.807, 2.05) is 0 Å². The highest BCUT2D eigenvalue weighted by molar-refractivity contribution is 7.90. The Balaban J connectivity index is 0.000000270. The summed E-state index contributed by atoms with van der Waals surface area (Å²) in [7, 11) is -7.95. The van der Waals surface area contributed by atoms with E-state index in [1.165, 1.54) is 36.4 Å². The smallest absolute Gasteiger partial charge is 0.450 e. The molecule has 3 N–H and O–H groups in total. The van der Waals surface area contributed by atoms with Crippen molar-refractivity contribution < 1.29 is 64.4 Å². The molecule has 2 aromatic carbocycles. The van der Waals surface area contributed by atoms with Gasteiger partial charge in [-0.3, -0.25) is 5.32 Å². The molecule has 2 fully saturated rings. The zero-order valence-corrected chi connectivity index (χ0v) is 25.7. The number of nitrogens with one attached hydrogen (secondary N) is 1. The van der Waals surface area contributed by atoms with Gasteiger partial charge < -0.3 is 34.2 Å². The van der Waals surface area contributed by atoms with E-state index in [1.54, 1.807) is 0 Å². The summed E-state index contributed by atoms with van der Waals surface area (Å²) in [6.07, 6.45) is -3.58. The average molecular weight is 721 g/mol. The van der Waals surface area contributed by atoms with Gasteiger partial charge in [0.15, 0.2) is 12.2 Å². The van der Waals surface area contributed by atoms with Crippen LogP contribution < -0.4 is 11.1 Å². The lowest BCUT2D eigenvalue weighted by atomic mass is 10.3. The number of amides is 1. The molecular weight excluding hydrogens is 700 g/mol. The van der Waals surface area contributed by atoms with Crippen LogP contribution in [0.25, 0.3) is 20.9 Å². The molecule has 0 aromatic heterocycles. The highest BCUT2D eigenvalue weighted by Gasteiger charge is 2.27. The molecule has 1 amide bonds. The Morgan fingerprint density at radius 2 is 1.26 bits per heavy atom. The number of azide groups is 2. The Bertz CT molecular complexity index is 1760. The second kappa shape index (κ2) is 17.7. The molecule has 2 atom stereocenters. The molecule has 0 saturated carbocycles. The number of nitrogens with zero attached hydrogens (tertiary/aromatic N) is 6. The normalized spacial score (nSPS) is 16.3. The van der Waals surface area contributed by atoms with Gasteiger partial charge in [0.1, 0.15) is 26.4 Å². The lowest BCUT2D eigenvalue weighted by Crippen LogP contribution is -2.23. The number of anilines is 2. The zero-order valence-electron chi connectivity index (χ0n) is 23.3. The second-order valence-corrected chi connectivity index (χ2v) is 11.7. The molecule has 252 valence electrons. The number of hydrogen-bond donors (Lipinski definition) is 2. The largest absolute Gasteiger partial charge is 0.508 e. The minimum absolute atomic E-state index is 0.00190. The number of cyclic esters (lactones) is 4. The minimum Gasteiger partial charge on any atom is -0.450 e. The van der Waals surface area contributed by atoms with Gasteiger partial charge in [-0.15, -0.1) is 0 Å². The maximum Gasteiger partial charge on any atom is 0.508 e. The van der Waals surface area contributed by atoms with Crippen molar-refractivity contribution in [1.29, 1.82) is 0 Å². The van der Waals surface area contributed by atoms with Crippen molar-refractivity contribution in [2.24, 2.45) is 9.04 Å². The first kappa shape index (κ1) is 37.5. The van der Waals surface area contributed by atoms with Crippen LogP contribution in [0.1, 0.15) is 0 Å². The number of sulfonamides is 2.